The molecule has 0 fully saturated rings. The minimum atomic E-state index is 0.679. The SMILES string of the molecule is CCC(C)c1csc2c1CN(C(C)C)CC2. The molecule has 0 saturated carbocycles. The van der Waals surface area contributed by atoms with E-state index in [1.165, 1.54) is 25.9 Å². The lowest BCUT2D eigenvalue weighted by Crippen LogP contribution is -2.35. The summed E-state index contributed by atoms with van der Waals surface area (Å²) in [6, 6.07) is 0.679. The predicted octanol–water partition coefficient (Wildman–Crippen LogP) is 4.03. The number of thiophene rings is 1. The molecule has 0 bridgehead atoms. The summed E-state index contributed by atoms with van der Waals surface area (Å²) in [5, 5.41) is 2.41. The maximum atomic E-state index is 2.60. The molecule has 2 rings (SSSR count). The van der Waals surface area contributed by atoms with E-state index in [0.717, 1.165) is 5.92 Å². The van der Waals surface area contributed by atoms with E-state index in [0.29, 0.717) is 6.04 Å². The Kier molecular flexibility index (Phi) is 3.70. The molecule has 2 heteroatoms. The van der Waals surface area contributed by atoms with Gasteiger partial charge in [0.2, 0.25) is 0 Å². The smallest absolute Gasteiger partial charge is 0.0250 e. The Balaban J connectivity index is 2.24. The average Bonchev–Trinajstić information content (AvgIpc) is 2.70. The Hall–Kier alpha value is -0.340. The van der Waals surface area contributed by atoms with Crippen molar-refractivity contribution in [1.29, 1.82) is 0 Å². The molecule has 1 atom stereocenters. The number of fused-ring (bicyclic) bond motifs is 1. The van der Waals surface area contributed by atoms with E-state index in [4.69, 9.17) is 0 Å². The highest BCUT2D eigenvalue weighted by Crippen LogP contribution is 2.34. The molecule has 1 aromatic heterocycles. The lowest BCUT2D eigenvalue weighted by Gasteiger charge is -2.31. The molecule has 1 aromatic rings. The van der Waals surface area contributed by atoms with Gasteiger partial charge in [0.15, 0.2) is 0 Å². The molecule has 2 heterocycles. The fourth-order valence-electron chi connectivity index (χ4n) is 2.43. The number of rotatable bonds is 3. The van der Waals surface area contributed by atoms with Crippen LogP contribution in [0.25, 0.3) is 0 Å². The van der Waals surface area contributed by atoms with E-state index in [9.17, 15) is 0 Å². The van der Waals surface area contributed by atoms with Gasteiger partial charge in [0.25, 0.3) is 0 Å². The van der Waals surface area contributed by atoms with Gasteiger partial charge in [-0.05, 0) is 49.1 Å². The Morgan fingerprint density at radius 3 is 2.75 bits per heavy atom. The van der Waals surface area contributed by atoms with Crippen LogP contribution in [-0.4, -0.2) is 17.5 Å². The summed E-state index contributed by atoms with van der Waals surface area (Å²) in [6.45, 7) is 11.7. The number of hydrogen-bond acceptors (Lipinski definition) is 2. The van der Waals surface area contributed by atoms with Crippen molar-refractivity contribution in [3.8, 4) is 0 Å². The summed E-state index contributed by atoms with van der Waals surface area (Å²) in [5.41, 5.74) is 3.27. The first kappa shape index (κ1) is 12.1. The lowest BCUT2D eigenvalue weighted by atomic mass is 9.94. The van der Waals surface area contributed by atoms with Crippen molar-refractivity contribution in [2.24, 2.45) is 0 Å². The molecule has 16 heavy (non-hydrogen) atoms. The van der Waals surface area contributed by atoms with Crippen molar-refractivity contribution >= 4 is 11.3 Å². The van der Waals surface area contributed by atoms with Gasteiger partial charge in [-0.25, -0.2) is 0 Å². The third-order valence-electron chi connectivity index (χ3n) is 3.87. The third kappa shape index (κ3) is 2.18. The van der Waals surface area contributed by atoms with Crippen LogP contribution < -0.4 is 0 Å². The Bertz CT molecular complexity index is 354. The Morgan fingerprint density at radius 1 is 1.38 bits per heavy atom. The maximum Gasteiger partial charge on any atom is 0.0250 e. The van der Waals surface area contributed by atoms with Crippen LogP contribution in [0.5, 0.6) is 0 Å². The molecule has 90 valence electrons. The molecule has 0 aliphatic carbocycles. The fourth-order valence-corrected chi connectivity index (χ4v) is 3.61. The van der Waals surface area contributed by atoms with Crippen molar-refractivity contribution in [2.45, 2.75) is 59.0 Å². The van der Waals surface area contributed by atoms with Crippen LogP contribution in [0, 0.1) is 0 Å². The molecular formula is C14H23NS. The van der Waals surface area contributed by atoms with Gasteiger partial charge in [0, 0.05) is 24.0 Å². The molecule has 1 aliphatic heterocycles. The first-order chi connectivity index (χ1) is 7.63. The number of nitrogens with zero attached hydrogens (tertiary/aromatic N) is 1. The summed E-state index contributed by atoms with van der Waals surface area (Å²) in [5.74, 6) is 0.729. The number of hydrogen-bond donors (Lipinski definition) is 0. The second-order valence-electron chi connectivity index (χ2n) is 5.22. The molecule has 0 spiro atoms. The predicted molar refractivity (Wildman–Crippen MR) is 72.3 cm³/mol. The second kappa shape index (κ2) is 4.89. The molecule has 0 aromatic carbocycles. The average molecular weight is 237 g/mol. The summed E-state index contributed by atoms with van der Waals surface area (Å²) in [4.78, 5) is 4.24. The second-order valence-corrected chi connectivity index (χ2v) is 6.18. The van der Waals surface area contributed by atoms with Crippen molar-refractivity contribution in [3.05, 3.63) is 21.4 Å². The normalized spacial score (nSPS) is 18.8. The Labute approximate surface area is 103 Å². The highest BCUT2D eigenvalue weighted by molar-refractivity contribution is 7.10. The summed E-state index contributed by atoms with van der Waals surface area (Å²) in [6.07, 6.45) is 2.51. The summed E-state index contributed by atoms with van der Waals surface area (Å²) >= 11 is 1.98. The third-order valence-corrected chi connectivity index (χ3v) is 4.98. The quantitative estimate of drug-likeness (QED) is 0.767. The van der Waals surface area contributed by atoms with Crippen LogP contribution in [0.4, 0.5) is 0 Å². The van der Waals surface area contributed by atoms with Crippen molar-refractivity contribution in [2.75, 3.05) is 6.54 Å². The van der Waals surface area contributed by atoms with Crippen LogP contribution in [0.1, 0.15) is 56.0 Å². The monoisotopic (exact) mass is 237 g/mol. The van der Waals surface area contributed by atoms with Gasteiger partial charge in [-0.2, -0.15) is 0 Å². The first-order valence-electron chi connectivity index (χ1n) is 6.46. The van der Waals surface area contributed by atoms with Crippen LogP contribution in [-0.2, 0) is 13.0 Å². The molecule has 0 N–H and O–H groups in total. The van der Waals surface area contributed by atoms with Gasteiger partial charge < -0.3 is 0 Å². The first-order valence-corrected chi connectivity index (χ1v) is 7.34. The Morgan fingerprint density at radius 2 is 2.12 bits per heavy atom. The molecule has 0 radical (unpaired) electrons. The van der Waals surface area contributed by atoms with Crippen molar-refractivity contribution in [1.82, 2.24) is 4.90 Å². The van der Waals surface area contributed by atoms with E-state index in [2.05, 4.69) is 38.0 Å². The summed E-state index contributed by atoms with van der Waals surface area (Å²) < 4.78 is 0. The van der Waals surface area contributed by atoms with Crippen LogP contribution in [0.3, 0.4) is 0 Å². The van der Waals surface area contributed by atoms with Crippen molar-refractivity contribution < 1.29 is 0 Å². The molecular weight excluding hydrogens is 214 g/mol. The lowest BCUT2D eigenvalue weighted by molar-refractivity contribution is 0.204. The molecule has 1 nitrogen and oxygen atoms in total. The van der Waals surface area contributed by atoms with Gasteiger partial charge in [-0.3, -0.25) is 4.90 Å². The van der Waals surface area contributed by atoms with Crippen molar-refractivity contribution in [3.63, 3.8) is 0 Å². The zero-order valence-electron chi connectivity index (χ0n) is 10.9. The topological polar surface area (TPSA) is 3.24 Å². The summed E-state index contributed by atoms with van der Waals surface area (Å²) in [7, 11) is 0. The van der Waals surface area contributed by atoms with E-state index < -0.39 is 0 Å². The fraction of sp³-hybridized carbons (Fsp3) is 0.714. The van der Waals surface area contributed by atoms with Gasteiger partial charge in [-0.15, -0.1) is 11.3 Å². The maximum absolute atomic E-state index is 2.60. The molecule has 1 unspecified atom stereocenters. The van der Waals surface area contributed by atoms with E-state index in [-0.39, 0.29) is 0 Å². The van der Waals surface area contributed by atoms with Gasteiger partial charge in [0.1, 0.15) is 0 Å². The zero-order valence-corrected chi connectivity index (χ0v) is 11.7. The standard InChI is InChI=1S/C14H23NS/c1-5-11(4)13-9-16-14-6-7-15(10(2)3)8-12(13)14/h9-11H,5-8H2,1-4H3. The minimum Gasteiger partial charge on any atom is -0.296 e. The highest BCUT2D eigenvalue weighted by Gasteiger charge is 2.23. The van der Waals surface area contributed by atoms with Gasteiger partial charge in [0.05, 0.1) is 0 Å². The van der Waals surface area contributed by atoms with Gasteiger partial charge >= 0.3 is 0 Å². The largest absolute Gasteiger partial charge is 0.296 e. The highest BCUT2D eigenvalue weighted by atomic mass is 32.1. The van der Waals surface area contributed by atoms with Gasteiger partial charge in [-0.1, -0.05) is 13.8 Å². The van der Waals surface area contributed by atoms with E-state index in [1.807, 2.05) is 11.3 Å². The molecule has 0 amide bonds. The minimum absolute atomic E-state index is 0.679. The van der Waals surface area contributed by atoms with Crippen LogP contribution >= 0.6 is 11.3 Å². The zero-order chi connectivity index (χ0) is 11.7. The van der Waals surface area contributed by atoms with Crippen LogP contribution in [0.15, 0.2) is 5.38 Å². The molecule has 0 saturated heterocycles. The van der Waals surface area contributed by atoms with Crippen LogP contribution in [0.2, 0.25) is 0 Å². The van der Waals surface area contributed by atoms with E-state index >= 15 is 0 Å². The van der Waals surface area contributed by atoms with E-state index in [1.54, 1.807) is 16.0 Å². The molecule has 1 aliphatic rings.